The number of amides is 2. The SMILES string of the molecule is CC[C@H](O)c1ccc(N(CC(N)=O)CC(N)=O)cc1. The standard InChI is InChI=1S/C13H19N3O3/c1-2-11(17)9-3-5-10(6-4-9)16(7-12(14)18)8-13(15)19/h3-6,11,17H,2,7-8H2,1H3,(H2,14,18)(H2,15,19)/t11-/m0/s1. The second-order valence-corrected chi connectivity index (χ2v) is 4.30. The van der Waals surface area contributed by atoms with Crippen molar-refractivity contribution >= 4 is 17.5 Å². The number of rotatable bonds is 7. The Morgan fingerprint density at radius 2 is 1.63 bits per heavy atom. The van der Waals surface area contributed by atoms with E-state index in [0.29, 0.717) is 12.1 Å². The summed E-state index contributed by atoms with van der Waals surface area (Å²) in [6.07, 6.45) is 0.0980. The van der Waals surface area contributed by atoms with Crippen LogP contribution in [0.4, 0.5) is 5.69 Å². The molecule has 0 aliphatic rings. The van der Waals surface area contributed by atoms with Gasteiger partial charge in [-0.2, -0.15) is 0 Å². The number of benzene rings is 1. The summed E-state index contributed by atoms with van der Waals surface area (Å²) in [7, 11) is 0. The first-order valence-corrected chi connectivity index (χ1v) is 6.03. The molecule has 6 heteroatoms. The van der Waals surface area contributed by atoms with E-state index in [1.165, 1.54) is 4.90 Å². The molecule has 0 heterocycles. The molecule has 6 nitrogen and oxygen atoms in total. The van der Waals surface area contributed by atoms with Gasteiger partial charge in [-0.3, -0.25) is 9.59 Å². The summed E-state index contributed by atoms with van der Waals surface area (Å²) >= 11 is 0. The molecule has 0 aromatic heterocycles. The molecule has 0 aliphatic carbocycles. The topological polar surface area (TPSA) is 110 Å². The minimum atomic E-state index is -0.543. The van der Waals surface area contributed by atoms with Gasteiger partial charge in [-0.15, -0.1) is 0 Å². The predicted molar refractivity (Wildman–Crippen MR) is 72.3 cm³/mol. The van der Waals surface area contributed by atoms with Gasteiger partial charge in [-0.1, -0.05) is 19.1 Å². The molecule has 1 aromatic rings. The summed E-state index contributed by atoms with van der Waals surface area (Å²) in [6.45, 7) is 1.71. The first kappa shape index (κ1) is 15.0. The van der Waals surface area contributed by atoms with Crippen molar-refractivity contribution in [3.05, 3.63) is 29.8 Å². The molecule has 104 valence electrons. The van der Waals surface area contributed by atoms with Gasteiger partial charge in [0.15, 0.2) is 0 Å². The maximum atomic E-state index is 11.0. The molecule has 2 amide bonds. The fourth-order valence-corrected chi connectivity index (χ4v) is 1.76. The van der Waals surface area contributed by atoms with Gasteiger partial charge in [0.2, 0.25) is 11.8 Å². The van der Waals surface area contributed by atoms with Crippen LogP contribution in [-0.2, 0) is 9.59 Å². The van der Waals surface area contributed by atoms with E-state index in [4.69, 9.17) is 11.5 Å². The highest BCUT2D eigenvalue weighted by atomic mass is 16.3. The Balaban J connectivity index is 2.89. The Morgan fingerprint density at radius 1 is 1.16 bits per heavy atom. The number of anilines is 1. The number of nitrogens with two attached hydrogens (primary N) is 2. The van der Waals surface area contributed by atoms with Gasteiger partial charge in [-0.25, -0.2) is 0 Å². The van der Waals surface area contributed by atoms with Gasteiger partial charge in [0.25, 0.3) is 0 Å². The van der Waals surface area contributed by atoms with Gasteiger partial charge in [0.1, 0.15) is 0 Å². The number of carbonyl (C=O) groups excluding carboxylic acids is 2. The number of hydrogen-bond donors (Lipinski definition) is 3. The average molecular weight is 265 g/mol. The van der Waals surface area contributed by atoms with Crippen molar-refractivity contribution in [3.8, 4) is 0 Å². The summed E-state index contributed by atoms with van der Waals surface area (Å²) < 4.78 is 0. The van der Waals surface area contributed by atoms with E-state index >= 15 is 0 Å². The third kappa shape index (κ3) is 4.59. The normalized spacial score (nSPS) is 11.9. The lowest BCUT2D eigenvalue weighted by atomic mass is 10.1. The third-order valence-electron chi connectivity index (χ3n) is 2.72. The lowest BCUT2D eigenvalue weighted by Gasteiger charge is -2.22. The molecule has 0 unspecified atom stereocenters. The van der Waals surface area contributed by atoms with Crippen molar-refractivity contribution in [2.45, 2.75) is 19.4 Å². The first-order valence-electron chi connectivity index (χ1n) is 6.03. The van der Waals surface area contributed by atoms with Gasteiger partial charge in [-0.05, 0) is 24.1 Å². The minimum Gasteiger partial charge on any atom is -0.388 e. The molecule has 1 atom stereocenters. The van der Waals surface area contributed by atoms with Crippen LogP contribution in [0.3, 0.4) is 0 Å². The molecule has 0 aliphatic heterocycles. The zero-order valence-corrected chi connectivity index (χ0v) is 10.9. The molecule has 5 N–H and O–H groups in total. The highest BCUT2D eigenvalue weighted by Gasteiger charge is 2.13. The summed E-state index contributed by atoms with van der Waals surface area (Å²) in [4.78, 5) is 23.4. The maximum absolute atomic E-state index is 11.0. The lowest BCUT2D eigenvalue weighted by Crippen LogP contribution is -2.39. The van der Waals surface area contributed by atoms with Crippen molar-refractivity contribution < 1.29 is 14.7 Å². The Bertz CT molecular complexity index is 429. The number of hydrogen-bond acceptors (Lipinski definition) is 4. The molecule has 19 heavy (non-hydrogen) atoms. The van der Waals surface area contributed by atoms with E-state index in [0.717, 1.165) is 5.56 Å². The number of carbonyl (C=O) groups is 2. The lowest BCUT2D eigenvalue weighted by molar-refractivity contribution is -0.117. The van der Waals surface area contributed by atoms with E-state index < -0.39 is 17.9 Å². The Morgan fingerprint density at radius 3 is 2.00 bits per heavy atom. The van der Waals surface area contributed by atoms with Crippen molar-refractivity contribution in [3.63, 3.8) is 0 Å². The minimum absolute atomic E-state index is 0.0847. The molecule has 0 saturated carbocycles. The van der Waals surface area contributed by atoms with E-state index in [1.54, 1.807) is 24.3 Å². The van der Waals surface area contributed by atoms with Crippen molar-refractivity contribution in [2.75, 3.05) is 18.0 Å². The van der Waals surface area contributed by atoms with E-state index in [2.05, 4.69) is 0 Å². The van der Waals surface area contributed by atoms with Crippen LogP contribution in [0.25, 0.3) is 0 Å². The molecule has 0 bridgehead atoms. The maximum Gasteiger partial charge on any atom is 0.236 e. The molecule has 0 saturated heterocycles. The summed E-state index contributed by atoms with van der Waals surface area (Å²) in [5, 5.41) is 9.69. The number of primary amides is 2. The Hall–Kier alpha value is -2.08. The fraction of sp³-hybridized carbons (Fsp3) is 0.385. The zero-order chi connectivity index (χ0) is 14.4. The second kappa shape index (κ2) is 6.75. The van der Waals surface area contributed by atoms with Crippen LogP contribution in [0.1, 0.15) is 25.0 Å². The molecule has 1 rings (SSSR count). The Kier molecular flexibility index (Phi) is 5.32. The summed E-state index contributed by atoms with van der Waals surface area (Å²) in [5.41, 5.74) is 11.7. The highest BCUT2D eigenvalue weighted by Crippen LogP contribution is 2.20. The number of aliphatic hydroxyl groups excluding tert-OH is 1. The quantitative estimate of drug-likeness (QED) is 0.639. The van der Waals surface area contributed by atoms with Gasteiger partial charge >= 0.3 is 0 Å². The average Bonchev–Trinajstić information content (AvgIpc) is 2.36. The van der Waals surface area contributed by atoms with Crippen LogP contribution in [0.2, 0.25) is 0 Å². The van der Waals surface area contributed by atoms with Crippen molar-refractivity contribution in [2.24, 2.45) is 11.5 Å². The number of aliphatic hydroxyl groups is 1. The van der Waals surface area contributed by atoms with Crippen LogP contribution in [0.5, 0.6) is 0 Å². The van der Waals surface area contributed by atoms with Gasteiger partial charge < -0.3 is 21.5 Å². The van der Waals surface area contributed by atoms with Crippen LogP contribution in [0.15, 0.2) is 24.3 Å². The van der Waals surface area contributed by atoms with Crippen LogP contribution in [0, 0.1) is 0 Å². The molecule has 0 spiro atoms. The summed E-state index contributed by atoms with van der Waals surface area (Å²) in [5.74, 6) is -1.09. The van der Waals surface area contributed by atoms with E-state index in [-0.39, 0.29) is 13.1 Å². The molecule has 1 aromatic carbocycles. The fourth-order valence-electron chi connectivity index (χ4n) is 1.76. The van der Waals surface area contributed by atoms with Gasteiger partial charge in [0.05, 0.1) is 19.2 Å². The highest BCUT2D eigenvalue weighted by molar-refractivity contribution is 5.84. The smallest absolute Gasteiger partial charge is 0.236 e. The van der Waals surface area contributed by atoms with Crippen LogP contribution < -0.4 is 16.4 Å². The van der Waals surface area contributed by atoms with Crippen LogP contribution in [-0.4, -0.2) is 30.0 Å². The third-order valence-corrected chi connectivity index (χ3v) is 2.72. The molecular weight excluding hydrogens is 246 g/mol. The van der Waals surface area contributed by atoms with Crippen LogP contribution >= 0.6 is 0 Å². The van der Waals surface area contributed by atoms with Crippen molar-refractivity contribution in [1.29, 1.82) is 0 Å². The van der Waals surface area contributed by atoms with E-state index in [9.17, 15) is 14.7 Å². The largest absolute Gasteiger partial charge is 0.388 e. The van der Waals surface area contributed by atoms with Gasteiger partial charge in [0, 0.05) is 5.69 Å². The summed E-state index contributed by atoms with van der Waals surface area (Å²) in [6, 6.07) is 6.94. The van der Waals surface area contributed by atoms with E-state index in [1.807, 2.05) is 6.92 Å². The Labute approximate surface area is 112 Å². The number of nitrogens with zero attached hydrogens (tertiary/aromatic N) is 1. The monoisotopic (exact) mass is 265 g/mol. The predicted octanol–water partition coefficient (Wildman–Crippen LogP) is -0.0930. The zero-order valence-electron chi connectivity index (χ0n) is 10.9. The molecular formula is C13H19N3O3. The van der Waals surface area contributed by atoms with Crippen molar-refractivity contribution in [1.82, 2.24) is 0 Å². The second-order valence-electron chi connectivity index (χ2n) is 4.30. The molecule has 0 fully saturated rings. The first-order chi connectivity index (χ1) is 8.93. The molecule has 0 radical (unpaired) electrons.